The largest absolute Gasteiger partial charge is 0.333 e. The molecule has 0 amide bonds. The van der Waals surface area contributed by atoms with Crippen molar-refractivity contribution in [3.05, 3.63) is 66.2 Å². The van der Waals surface area contributed by atoms with Crippen LogP contribution in [0.15, 0.2) is 60.6 Å². The second-order valence-corrected chi connectivity index (χ2v) is 3.52. The molecule has 2 rings (SSSR count). The van der Waals surface area contributed by atoms with Gasteiger partial charge in [0, 0.05) is 18.9 Å². The lowest BCUT2D eigenvalue weighted by molar-refractivity contribution is 0.797. The summed E-state index contributed by atoms with van der Waals surface area (Å²) in [6.07, 6.45) is 5.59. The Hall–Kier alpha value is -1.35. The van der Waals surface area contributed by atoms with E-state index in [2.05, 4.69) is 44.2 Å². The van der Waals surface area contributed by atoms with Gasteiger partial charge in [0.25, 0.3) is 0 Å². The van der Waals surface area contributed by atoms with Crippen molar-refractivity contribution in [3.8, 4) is 0 Å². The number of rotatable bonds is 2. The van der Waals surface area contributed by atoms with Crippen molar-refractivity contribution >= 4 is 15.9 Å². The molecule has 0 atom stereocenters. The first-order valence-corrected chi connectivity index (χ1v) is 5.49. The lowest BCUT2D eigenvalue weighted by atomic mass is 10.2. The molecular formula is C12H13BrN2. The molecule has 0 aliphatic heterocycles. The van der Waals surface area contributed by atoms with Crippen LogP contribution in [0.25, 0.3) is 0 Å². The molecule has 78 valence electrons. The van der Waals surface area contributed by atoms with E-state index in [0.29, 0.717) is 0 Å². The quantitative estimate of drug-likeness (QED) is 0.813. The zero-order chi connectivity index (χ0) is 10.9. The van der Waals surface area contributed by atoms with Crippen LogP contribution in [-0.2, 0) is 6.54 Å². The molecule has 0 aliphatic carbocycles. The molecule has 0 fully saturated rings. The molecule has 0 saturated heterocycles. The van der Waals surface area contributed by atoms with Crippen molar-refractivity contribution in [1.82, 2.24) is 9.55 Å². The maximum absolute atomic E-state index is 3.98. The smallest absolute Gasteiger partial charge is 0.0949 e. The van der Waals surface area contributed by atoms with E-state index in [9.17, 15) is 0 Å². The minimum atomic E-state index is 0.904. The second kappa shape index (κ2) is 7.01. The summed E-state index contributed by atoms with van der Waals surface area (Å²) in [5.74, 6) is 0. The fraction of sp³-hybridized carbons (Fsp3) is 0.0833. The second-order valence-electron chi connectivity index (χ2n) is 2.87. The van der Waals surface area contributed by atoms with E-state index < -0.39 is 0 Å². The average Bonchev–Trinajstić information content (AvgIpc) is 2.73. The first-order chi connectivity index (χ1) is 7.36. The van der Waals surface area contributed by atoms with E-state index in [1.165, 1.54) is 5.56 Å². The van der Waals surface area contributed by atoms with Gasteiger partial charge in [-0.25, -0.2) is 4.98 Å². The summed E-state index contributed by atoms with van der Waals surface area (Å²) in [6, 6.07) is 10.3. The molecule has 1 heterocycles. The summed E-state index contributed by atoms with van der Waals surface area (Å²) >= 11 is 2.91. The van der Waals surface area contributed by atoms with Crippen LogP contribution in [0.3, 0.4) is 0 Å². The number of hydrogen-bond acceptors (Lipinski definition) is 1. The Bertz CT molecular complexity index is 368. The highest BCUT2D eigenvalue weighted by Gasteiger charge is 1.91. The van der Waals surface area contributed by atoms with Crippen molar-refractivity contribution in [2.24, 2.45) is 0 Å². The predicted molar refractivity (Wildman–Crippen MR) is 66.9 cm³/mol. The molecular weight excluding hydrogens is 252 g/mol. The molecule has 0 saturated carbocycles. The zero-order valence-electron chi connectivity index (χ0n) is 8.38. The Morgan fingerprint density at radius 1 is 1.33 bits per heavy atom. The van der Waals surface area contributed by atoms with E-state index in [1.54, 1.807) is 11.2 Å². The van der Waals surface area contributed by atoms with Gasteiger partial charge in [0.05, 0.1) is 6.33 Å². The van der Waals surface area contributed by atoms with Gasteiger partial charge in [-0.2, -0.15) is 0 Å². The van der Waals surface area contributed by atoms with Crippen LogP contribution in [0.2, 0.25) is 0 Å². The Morgan fingerprint density at radius 2 is 2.00 bits per heavy atom. The maximum atomic E-state index is 3.98. The predicted octanol–water partition coefficient (Wildman–Crippen LogP) is 3.46. The van der Waals surface area contributed by atoms with Gasteiger partial charge in [0.2, 0.25) is 0 Å². The third-order valence-corrected chi connectivity index (χ3v) is 1.77. The Labute approximate surface area is 98.4 Å². The lowest BCUT2D eigenvalue weighted by Gasteiger charge is -2.00. The summed E-state index contributed by atoms with van der Waals surface area (Å²) < 4.78 is 2.05. The highest BCUT2D eigenvalue weighted by Crippen LogP contribution is 2.00. The summed E-state index contributed by atoms with van der Waals surface area (Å²) in [6.45, 7) is 4.18. The first-order valence-electron chi connectivity index (χ1n) is 4.57. The van der Waals surface area contributed by atoms with Crippen LogP contribution >= 0.6 is 15.9 Å². The van der Waals surface area contributed by atoms with Gasteiger partial charge in [-0.3, -0.25) is 0 Å². The van der Waals surface area contributed by atoms with Gasteiger partial charge in [-0.15, -0.1) is 0 Å². The molecule has 0 bridgehead atoms. The van der Waals surface area contributed by atoms with Gasteiger partial charge in [0.15, 0.2) is 0 Å². The SMILES string of the molecule is C=CBr.c1ccc(Cn2ccnc2)cc1. The zero-order valence-corrected chi connectivity index (χ0v) is 9.97. The van der Waals surface area contributed by atoms with Crippen molar-refractivity contribution in [2.45, 2.75) is 6.54 Å². The van der Waals surface area contributed by atoms with Crippen molar-refractivity contribution in [1.29, 1.82) is 0 Å². The number of hydrogen-bond donors (Lipinski definition) is 0. The fourth-order valence-corrected chi connectivity index (χ4v) is 1.17. The summed E-state index contributed by atoms with van der Waals surface area (Å²) in [5, 5.41) is 0. The third-order valence-electron chi connectivity index (χ3n) is 1.77. The van der Waals surface area contributed by atoms with Crippen LogP contribution in [0.4, 0.5) is 0 Å². The molecule has 0 spiro atoms. The van der Waals surface area contributed by atoms with Gasteiger partial charge >= 0.3 is 0 Å². The van der Waals surface area contributed by atoms with Crippen molar-refractivity contribution in [3.63, 3.8) is 0 Å². The van der Waals surface area contributed by atoms with Crippen LogP contribution in [0.5, 0.6) is 0 Å². The summed E-state index contributed by atoms with van der Waals surface area (Å²) in [5.41, 5.74) is 1.30. The van der Waals surface area contributed by atoms with Gasteiger partial charge in [-0.1, -0.05) is 52.8 Å². The number of benzene rings is 1. The third kappa shape index (κ3) is 4.61. The van der Waals surface area contributed by atoms with E-state index in [-0.39, 0.29) is 0 Å². The van der Waals surface area contributed by atoms with Crippen LogP contribution in [0, 0.1) is 0 Å². The van der Waals surface area contributed by atoms with Crippen LogP contribution in [0.1, 0.15) is 5.56 Å². The topological polar surface area (TPSA) is 17.8 Å². The molecule has 1 aromatic carbocycles. The molecule has 0 radical (unpaired) electrons. The summed E-state index contributed by atoms with van der Waals surface area (Å²) in [4.78, 5) is 5.54. The lowest BCUT2D eigenvalue weighted by Crippen LogP contribution is -1.95. The number of aromatic nitrogens is 2. The molecule has 2 aromatic rings. The van der Waals surface area contributed by atoms with E-state index in [1.807, 2.05) is 30.7 Å². The molecule has 0 unspecified atom stereocenters. The Balaban J connectivity index is 0.000000337. The maximum Gasteiger partial charge on any atom is 0.0949 e. The molecule has 0 N–H and O–H groups in total. The molecule has 1 aromatic heterocycles. The number of nitrogens with zero attached hydrogens (tertiary/aromatic N) is 2. The minimum Gasteiger partial charge on any atom is -0.333 e. The molecule has 0 aliphatic rings. The van der Waals surface area contributed by atoms with Crippen molar-refractivity contribution < 1.29 is 0 Å². The highest BCUT2D eigenvalue weighted by atomic mass is 79.9. The van der Waals surface area contributed by atoms with Crippen LogP contribution in [-0.4, -0.2) is 9.55 Å². The van der Waals surface area contributed by atoms with E-state index >= 15 is 0 Å². The van der Waals surface area contributed by atoms with Gasteiger partial charge in [0.1, 0.15) is 0 Å². The Kier molecular flexibility index (Phi) is 5.48. The molecule has 3 heteroatoms. The fourth-order valence-electron chi connectivity index (χ4n) is 1.17. The van der Waals surface area contributed by atoms with Gasteiger partial charge in [-0.05, 0) is 10.5 Å². The number of halogens is 1. The normalized spacial score (nSPS) is 8.87. The minimum absolute atomic E-state index is 0.904. The Morgan fingerprint density at radius 3 is 2.53 bits per heavy atom. The van der Waals surface area contributed by atoms with Crippen molar-refractivity contribution in [2.75, 3.05) is 0 Å². The summed E-state index contributed by atoms with van der Waals surface area (Å²) in [7, 11) is 0. The average molecular weight is 265 g/mol. The first kappa shape index (κ1) is 11.7. The van der Waals surface area contributed by atoms with Crippen LogP contribution < -0.4 is 0 Å². The molecule has 2 nitrogen and oxygen atoms in total. The van der Waals surface area contributed by atoms with Gasteiger partial charge < -0.3 is 4.57 Å². The molecule has 15 heavy (non-hydrogen) atoms. The standard InChI is InChI=1S/C10H10N2.C2H3Br/c1-2-4-10(5-3-1)8-12-7-6-11-9-12;1-2-3/h1-7,9H,8H2;2H,1H2. The van der Waals surface area contributed by atoms with E-state index in [0.717, 1.165) is 6.54 Å². The number of imidazole rings is 1. The van der Waals surface area contributed by atoms with E-state index in [4.69, 9.17) is 0 Å². The highest BCUT2D eigenvalue weighted by molar-refractivity contribution is 9.11. The monoisotopic (exact) mass is 264 g/mol.